The predicted molar refractivity (Wildman–Crippen MR) is 72.2 cm³/mol. The van der Waals surface area contributed by atoms with Gasteiger partial charge in [-0.15, -0.1) is 0 Å². The molecule has 1 fully saturated rings. The van der Waals surface area contributed by atoms with Crippen LogP contribution in [0, 0.1) is 0 Å². The van der Waals surface area contributed by atoms with Crippen LogP contribution in [0.1, 0.15) is 12.8 Å². The van der Waals surface area contributed by atoms with Crippen molar-refractivity contribution in [2.75, 3.05) is 19.0 Å². The summed E-state index contributed by atoms with van der Waals surface area (Å²) < 4.78 is 4.67. The minimum atomic E-state index is -0.480. The molecule has 0 bridgehead atoms. The molecule has 1 aromatic carbocycles. The highest BCUT2D eigenvalue weighted by molar-refractivity contribution is 6.30. The van der Waals surface area contributed by atoms with Crippen molar-refractivity contribution < 1.29 is 14.3 Å². The molecule has 19 heavy (non-hydrogen) atoms. The third-order valence-corrected chi connectivity index (χ3v) is 3.29. The number of hydrogen-bond donors (Lipinski definition) is 1. The number of carbonyl (C=O) groups is 2. The fraction of sp³-hybridized carbons (Fsp3) is 0.385. The van der Waals surface area contributed by atoms with Gasteiger partial charge in [-0.3, -0.25) is 9.69 Å². The van der Waals surface area contributed by atoms with Gasteiger partial charge in [-0.2, -0.15) is 0 Å². The summed E-state index contributed by atoms with van der Waals surface area (Å²) in [6, 6.07) is 6.42. The SMILES string of the molecule is COC(=O)N1CCCC1C(=O)Nc1cccc(Cl)c1. The van der Waals surface area contributed by atoms with E-state index in [-0.39, 0.29) is 5.91 Å². The average molecular weight is 283 g/mol. The second-order valence-corrected chi connectivity index (χ2v) is 4.76. The molecule has 2 amide bonds. The molecule has 0 radical (unpaired) electrons. The van der Waals surface area contributed by atoms with E-state index in [1.807, 2.05) is 0 Å². The fourth-order valence-electron chi connectivity index (χ4n) is 2.17. The summed E-state index contributed by atoms with van der Waals surface area (Å²) in [5.41, 5.74) is 0.620. The summed E-state index contributed by atoms with van der Waals surface area (Å²) in [6.07, 6.45) is 0.966. The first-order chi connectivity index (χ1) is 9.11. The number of likely N-dealkylation sites (tertiary alicyclic amines) is 1. The van der Waals surface area contributed by atoms with Gasteiger partial charge in [-0.1, -0.05) is 17.7 Å². The van der Waals surface area contributed by atoms with E-state index in [4.69, 9.17) is 11.6 Å². The van der Waals surface area contributed by atoms with Crippen molar-refractivity contribution in [3.8, 4) is 0 Å². The molecule has 1 unspecified atom stereocenters. The van der Waals surface area contributed by atoms with Gasteiger partial charge in [-0.05, 0) is 31.0 Å². The van der Waals surface area contributed by atoms with Crippen molar-refractivity contribution in [1.29, 1.82) is 0 Å². The summed E-state index contributed by atoms with van der Waals surface area (Å²) in [5.74, 6) is -0.217. The van der Waals surface area contributed by atoms with Crippen LogP contribution in [0.4, 0.5) is 10.5 Å². The molecule has 1 aromatic rings. The van der Waals surface area contributed by atoms with Gasteiger partial charge in [0, 0.05) is 17.3 Å². The Morgan fingerprint density at radius 1 is 1.47 bits per heavy atom. The molecule has 0 aromatic heterocycles. The maximum Gasteiger partial charge on any atom is 0.410 e. The van der Waals surface area contributed by atoms with Gasteiger partial charge in [0.2, 0.25) is 5.91 Å². The number of halogens is 1. The normalized spacial score (nSPS) is 18.2. The lowest BCUT2D eigenvalue weighted by Gasteiger charge is -2.22. The lowest BCUT2D eigenvalue weighted by molar-refractivity contribution is -0.119. The average Bonchev–Trinajstić information content (AvgIpc) is 2.87. The first kappa shape index (κ1) is 13.7. The van der Waals surface area contributed by atoms with Gasteiger partial charge in [0.15, 0.2) is 0 Å². The van der Waals surface area contributed by atoms with E-state index in [9.17, 15) is 9.59 Å². The number of carbonyl (C=O) groups excluding carboxylic acids is 2. The Morgan fingerprint density at radius 2 is 2.26 bits per heavy atom. The van der Waals surface area contributed by atoms with Crippen molar-refractivity contribution in [3.05, 3.63) is 29.3 Å². The van der Waals surface area contributed by atoms with E-state index < -0.39 is 12.1 Å². The molecule has 1 saturated heterocycles. The van der Waals surface area contributed by atoms with E-state index in [1.165, 1.54) is 12.0 Å². The third-order valence-electron chi connectivity index (χ3n) is 3.06. The maximum absolute atomic E-state index is 12.2. The van der Waals surface area contributed by atoms with Crippen LogP contribution in [-0.2, 0) is 9.53 Å². The molecule has 0 aliphatic carbocycles. The number of amides is 2. The van der Waals surface area contributed by atoms with Gasteiger partial charge >= 0.3 is 6.09 Å². The number of rotatable bonds is 2. The van der Waals surface area contributed by atoms with Gasteiger partial charge in [0.25, 0.3) is 0 Å². The molecule has 0 saturated carbocycles. The number of hydrogen-bond acceptors (Lipinski definition) is 3. The summed E-state index contributed by atoms with van der Waals surface area (Å²) >= 11 is 5.85. The molecule has 1 aliphatic rings. The van der Waals surface area contributed by atoms with Crippen LogP contribution in [0.2, 0.25) is 5.02 Å². The Bertz CT molecular complexity index is 493. The standard InChI is InChI=1S/C13H15ClN2O3/c1-19-13(18)16-7-3-6-11(16)12(17)15-10-5-2-4-9(14)8-10/h2,4-5,8,11H,3,6-7H2,1H3,(H,15,17). The molecule has 102 valence electrons. The first-order valence-corrected chi connectivity index (χ1v) is 6.40. The maximum atomic E-state index is 12.2. The van der Waals surface area contributed by atoms with Crippen LogP contribution in [0.5, 0.6) is 0 Å². The van der Waals surface area contributed by atoms with Crippen molar-refractivity contribution >= 4 is 29.3 Å². The molecule has 2 rings (SSSR count). The molecule has 5 nitrogen and oxygen atoms in total. The topological polar surface area (TPSA) is 58.6 Å². The van der Waals surface area contributed by atoms with Gasteiger partial charge < -0.3 is 10.1 Å². The second kappa shape index (κ2) is 5.93. The van der Waals surface area contributed by atoms with Gasteiger partial charge in [0.1, 0.15) is 6.04 Å². The molecule has 0 spiro atoms. The smallest absolute Gasteiger partial charge is 0.410 e. The zero-order valence-corrected chi connectivity index (χ0v) is 11.3. The Balaban J connectivity index is 2.05. The predicted octanol–water partition coefficient (Wildman–Crippen LogP) is 2.51. The number of anilines is 1. The molecule has 6 heteroatoms. The third kappa shape index (κ3) is 3.17. The lowest BCUT2D eigenvalue weighted by atomic mass is 10.2. The number of benzene rings is 1. The summed E-state index contributed by atoms with van der Waals surface area (Å²) in [6.45, 7) is 0.542. The van der Waals surface area contributed by atoms with Crippen LogP contribution in [0.25, 0.3) is 0 Å². The number of nitrogens with one attached hydrogen (secondary N) is 1. The second-order valence-electron chi connectivity index (χ2n) is 4.32. The van der Waals surface area contributed by atoms with Crippen molar-refractivity contribution in [2.24, 2.45) is 0 Å². The zero-order valence-electron chi connectivity index (χ0n) is 10.6. The molecule has 1 heterocycles. The Morgan fingerprint density at radius 3 is 2.95 bits per heavy atom. The fourth-order valence-corrected chi connectivity index (χ4v) is 2.36. The van der Waals surface area contributed by atoms with Crippen LogP contribution in [0.15, 0.2) is 24.3 Å². The van der Waals surface area contributed by atoms with Crippen LogP contribution in [-0.4, -0.2) is 36.6 Å². The highest BCUT2D eigenvalue weighted by Gasteiger charge is 2.34. The van der Waals surface area contributed by atoms with Gasteiger partial charge in [-0.25, -0.2) is 4.79 Å². The van der Waals surface area contributed by atoms with E-state index in [1.54, 1.807) is 24.3 Å². The summed E-state index contributed by atoms with van der Waals surface area (Å²) in [4.78, 5) is 25.1. The zero-order chi connectivity index (χ0) is 13.8. The van der Waals surface area contributed by atoms with Crippen molar-refractivity contribution in [2.45, 2.75) is 18.9 Å². The largest absolute Gasteiger partial charge is 0.453 e. The molecule has 1 aliphatic heterocycles. The molecular weight excluding hydrogens is 268 g/mol. The van der Waals surface area contributed by atoms with Crippen LogP contribution < -0.4 is 5.32 Å². The summed E-state index contributed by atoms with van der Waals surface area (Å²) in [5, 5.41) is 3.31. The van der Waals surface area contributed by atoms with Crippen molar-refractivity contribution in [3.63, 3.8) is 0 Å². The van der Waals surface area contributed by atoms with E-state index >= 15 is 0 Å². The lowest BCUT2D eigenvalue weighted by Crippen LogP contribution is -2.43. The number of methoxy groups -OCH3 is 1. The molecule has 1 N–H and O–H groups in total. The molecular formula is C13H15ClN2O3. The monoisotopic (exact) mass is 282 g/mol. The Labute approximate surface area is 116 Å². The van der Waals surface area contributed by atoms with Crippen LogP contribution >= 0.6 is 11.6 Å². The van der Waals surface area contributed by atoms with E-state index in [0.717, 1.165) is 6.42 Å². The highest BCUT2D eigenvalue weighted by Crippen LogP contribution is 2.21. The quantitative estimate of drug-likeness (QED) is 0.907. The summed E-state index contributed by atoms with van der Waals surface area (Å²) in [7, 11) is 1.31. The van der Waals surface area contributed by atoms with Gasteiger partial charge in [0.05, 0.1) is 7.11 Å². The Kier molecular flexibility index (Phi) is 4.27. The number of nitrogens with zero attached hydrogens (tertiary/aromatic N) is 1. The molecule has 1 atom stereocenters. The first-order valence-electron chi connectivity index (χ1n) is 6.03. The van der Waals surface area contributed by atoms with E-state index in [0.29, 0.717) is 23.7 Å². The van der Waals surface area contributed by atoms with Crippen LogP contribution in [0.3, 0.4) is 0 Å². The highest BCUT2D eigenvalue weighted by atomic mass is 35.5. The van der Waals surface area contributed by atoms with Crippen molar-refractivity contribution in [1.82, 2.24) is 4.90 Å². The minimum Gasteiger partial charge on any atom is -0.453 e. The van der Waals surface area contributed by atoms with E-state index in [2.05, 4.69) is 10.1 Å². The Hall–Kier alpha value is -1.75. The minimum absolute atomic E-state index is 0.217. The number of ether oxygens (including phenoxy) is 1.